The van der Waals surface area contributed by atoms with E-state index in [0.717, 1.165) is 22.2 Å². The first-order valence-electron chi connectivity index (χ1n) is 5.63. The SMILES string of the molecule is Cc1ccc(Br)cc1NS(=O)(=O)c1cc(N)cc(F)c1. The molecule has 0 fully saturated rings. The molecule has 0 heterocycles. The second kappa shape index (κ2) is 5.41. The van der Waals surface area contributed by atoms with Gasteiger partial charge in [0.25, 0.3) is 10.0 Å². The first-order chi connectivity index (χ1) is 9.28. The van der Waals surface area contributed by atoms with Crippen LogP contribution in [0.15, 0.2) is 45.8 Å². The lowest BCUT2D eigenvalue weighted by atomic mass is 10.2. The number of hydrogen-bond donors (Lipinski definition) is 2. The third kappa shape index (κ3) is 3.29. The van der Waals surface area contributed by atoms with Gasteiger partial charge in [0.15, 0.2) is 0 Å². The predicted molar refractivity (Wildman–Crippen MR) is 80.5 cm³/mol. The van der Waals surface area contributed by atoms with Crippen LogP contribution in [0.2, 0.25) is 0 Å². The summed E-state index contributed by atoms with van der Waals surface area (Å²) in [6, 6.07) is 8.39. The molecule has 20 heavy (non-hydrogen) atoms. The third-order valence-corrected chi connectivity index (χ3v) is 4.49. The minimum atomic E-state index is -3.89. The molecule has 0 aromatic heterocycles. The highest BCUT2D eigenvalue weighted by Crippen LogP contribution is 2.24. The molecule has 0 saturated heterocycles. The zero-order chi connectivity index (χ0) is 14.9. The number of nitrogens with two attached hydrogens (primary N) is 1. The molecule has 0 amide bonds. The highest BCUT2D eigenvalue weighted by molar-refractivity contribution is 9.10. The minimum absolute atomic E-state index is 0.0522. The van der Waals surface area contributed by atoms with Crippen molar-refractivity contribution in [1.82, 2.24) is 0 Å². The first-order valence-corrected chi connectivity index (χ1v) is 7.90. The van der Waals surface area contributed by atoms with Gasteiger partial charge in [0, 0.05) is 10.2 Å². The number of nitrogen functional groups attached to an aromatic ring is 1. The van der Waals surface area contributed by atoms with Crippen LogP contribution in [-0.4, -0.2) is 8.42 Å². The molecule has 2 aromatic rings. The van der Waals surface area contributed by atoms with Gasteiger partial charge in [-0.3, -0.25) is 4.72 Å². The van der Waals surface area contributed by atoms with E-state index in [9.17, 15) is 12.8 Å². The summed E-state index contributed by atoms with van der Waals surface area (Å²) in [6.45, 7) is 1.77. The molecule has 3 N–H and O–H groups in total. The van der Waals surface area contributed by atoms with Crippen molar-refractivity contribution < 1.29 is 12.8 Å². The number of sulfonamides is 1. The molecule has 0 unspecified atom stereocenters. The Morgan fingerprint density at radius 1 is 1.20 bits per heavy atom. The summed E-state index contributed by atoms with van der Waals surface area (Å²) in [5.74, 6) is -0.698. The summed E-state index contributed by atoms with van der Waals surface area (Å²) in [6.07, 6.45) is 0. The Balaban J connectivity index is 2.43. The molecular weight excluding hydrogens is 347 g/mol. The molecule has 106 valence electrons. The predicted octanol–water partition coefficient (Wildman–Crippen LogP) is 3.28. The Hall–Kier alpha value is -1.60. The van der Waals surface area contributed by atoms with Crippen LogP contribution in [0.3, 0.4) is 0 Å². The average molecular weight is 359 g/mol. The summed E-state index contributed by atoms with van der Waals surface area (Å²) in [5.41, 5.74) is 6.69. The molecule has 2 rings (SSSR count). The summed E-state index contributed by atoms with van der Waals surface area (Å²) >= 11 is 3.27. The number of anilines is 2. The van der Waals surface area contributed by atoms with Gasteiger partial charge in [-0.2, -0.15) is 0 Å². The second-order valence-electron chi connectivity index (χ2n) is 4.29. The van der Waals surface area contributed by atoms with E-state index < -0.39 is 15.8 Å². The van der Waals surface area contributed by atoms with Crippen LogP contribution in [0.4, 0.5) is 15.8 Å². The van der Waals surface area contributed by atoms with E-state index in [1.165, 1.54) is 6.07 Å². The van der Waals surface area contributed by atoms with Gasteiger partial charge in [0.1, 0.15) is 5.82 Å². The highest BCUT2D eigenvalue weighted by atomic mass is 79.9. The fourth-order valence-electron chi connectivity index (χ4n) is 1.65. The molecule has 2 aromatic carbocycles. The van der Waals surface area contributed by atoms with Gasteiger partial charge < -0.3 is 5.73 Å². The Morgan fingerprint density at radius 2 is 1.90 bits per heavy atom. The van der Waals surface area contributed by atoms with E-state index in [1.54, 1.807) is 25.1 Å². The molecule has 0 spiro atoms. The number of rotatable bonds is 3. The van der Waals surface area contributed by atoms with Gasteiger partial charge in [-0.15, -0.1) is 0 Å². The number of nitrogens with one attached hydrogen (secondary N) is 1. The molecule has 0 bridgehead atoms. The maximum absolute atomic E-state index is 13.3. The van der Waals surface area contributed by atoms with Crippen molar-refractivity contribution in [3.8, 4) is 0 Å². The van der Waals surface area contributed by atoms with E-state index in [2.05, 4.69) is 20.7 Å². The lowest BCUT2D eigenvalue weighted by Gasteiger charge is -2.11. The maximum atomic E-state index is 13.3. The van der Waals surface area contributed by atoms with Gasteiger partial charge in [-0.05, 0) is 42.8 Å². The van der Waals surface area contributed by atoms with Crippen molar-refractivity contribution in [2.24, 2.45) is 0 Å². The number of benzene rings is 2. The monoisotopic (exact) mass is 358 g/mol. The Morgan fingerprint density at radius 3 is 2.55 bits per heavy atom. The van der Waals surface area contributed by atoms with Crippen LogP contribution in [0.5, 0.6) is 0 Å². The quantitative estimate of drug-likeness (QED) is 0.827. The van der Waals surface area contributed by atoms with Crippen LogP contribution in [-0.2, 0) is 10.0 Å². The van der Waals surface area contributed by atoms with Gasteiger partial charge in [-0.1, -0.05) is 22.0 Å². The number of halogens is 2. The van der Waals surface area contributed by atoms with E-state index >= 15 is 0 Å². The summed E-state index contributed by atoms with van der Waals surface area (Å²) in [4.78, 5) is -0.214. The first kappa shape index (κ1) is 14.8. The van der Waals surface area contributed by atoms with E-state index in [-0.39, 0.29) is 10.6 Å². The lowest BCUT2D eigenvalue weighted by molar-refractivity contribution is 0.595. The largest absolute Gasteiger partial charge is 0.399 e. The van der Waals surface area contributed by atoms with Gasteiger partial charge >= 0.3 is 0 Å². The normalized spacial score (nSPS) is 11.3. The smallest absolute Gasteiger partial charge is 0.262 e. The second-order valence-corrected chi connectivity index (χ2v) is 6.88. The van der Waals surface area contributed by atoms with Crippen LogP contribution >= 0.6 is 15.9 Å². The van der Waals surface area contributed by atoms with Crippen LogP contribution in [0, 0.1) is 12.7 Å². The Kier molecular flexibility index (Phi) is 4.01. The maximum Gasteiger partial charge on any atom is 0.262 e. The molecular formula is C13H12BrFN2O2S. The summed E-state index contributed by atoms with van der Waals surface area (Å²) < 4.78 is 40.9. The van der Waals surface area contributed by atoms with Gasteiger partial charge in [-0.25, -0.2) is 12.8 Å². The summed E-state index contributed by atoms with van der Waals surface area (Å²) in [5, 5.41) is 0. The molecule has 7 heteroatoms. The fourth-order valence-corrected chi connectivity index (χ4v) is 3.19. The van der Waals surface area contributed by atoms with E-state index in [1.807, 2.05) is 0 Å². The van der Waals surface area contributed by atoms with Crippen molar-refractivity contribution in [2.45, 2.75) is 11.8 Å². The van der Waals surface area contributed by atoms with E-state index in [4.69, 9.17) is 5.73 Å². The molecule has 4 nitrogen and oxygen atoms in total. The van der Waals surface area contributed by atoms with Crippen molar-refractivity contribution in [2.75, 3.05) is 10.5 Å². The van der Waals surface area contributed by atoms with Crippen LogP contribution < -0.4 is 10.5 Å². The van der Waals surface area contributed by atoms with Crippen molar-refractivity contribution in [1.29, 1.82) is 0 Å². The minimum Gasteiger partial charge on any atom is -0.399 e. The highest BCUT2D eigenvalue weighted by Gasteiger charge is 2.17. The molecule has 0 atom stereocenters. The summed E-state index contributed by atoms with van der Waals surface area (Å²) in [7, 11) is -3.89. The van der Waals surface area contributed by atoms with Crippen LogP contribution in [0.1, 0.15) is 5.56 Å². The van der Waals surface area contributed by atoms with Crippen molar-refractivity contribution in [3.05, 3.63) is 52.3 Å². The van der Waals surface area contributed by atoms with E-state index in [0.29, 0.717) is 5.69 Å². The number of hydrogen-bond acceptors (Lipinski definition) is 3. The van der Waals surface area contributed by atoms with Crippen LogP contribution in [0.25, 0.3) is 0 Å². The van der Waals surface area contributed by atoms with Gasteiger partial charge in [0.2, 0.25) is 0 Å². The molecule has 0 aliphatic carbocycles. The molecule has 0 aliphatic rings. The average Bonchev–Trinajstić information content (AvgIpc) is 2.32. The Labute approximate surface area is 125 Å². The number of aryl methyl sites for hydroxylation is 1. The van der Waals surface area contributed by atoms with Crippen molar-refractivity contribution >= 4 is 37.3 Å². The molecule has 0 radical (unpaired) electrons. The topological polar surface area (TPSA) is 72.2 Å². The fraction of sp³-hybridized carbons (Fsp3) is 0.0769. The molecule has 0 aliphatic heterocycles. The standard InChI is InChI=1S/C13H12BrFN2O2S/c1-8-2-3-9(14)4-13(8)17-20(18,19)12-6-10(15)5-11(16)7-12/h2-7,17H,16H2,1H3. The third-order valence-electron chi connectivity index (χ3n) is 2.65. The zero-order valence-corrected chi connectivity index (χ0v) is 12.9. The van der Waals surface area contributed by atoms with Crippen molar-refractivity contribution in [3.63, 3.8) is 0 Å². The zero-order valence-electron chi connectivity index (χ0n) is 10.5. The Bertz CT molecular complexity index is 743. The van der Waals surface area contributed by atoms with Gasteiger partial charge in [0.05, 0.1) is 10.6 Å². The molecule has 0 saturated carbocycles. The lowest BCUT2D eigenvalue weighted by Crippen LogP contribution is -2.14.